The van der Waals surface area contributed by atoms with Gasteiger partial charge in [0.25, 0.3) is 5.91 Å². The zero-order chi connectivity index (χ0) is 16.3. The van der Waals surface area contributed by atoms with Crippen LogP contribution >= 0.6 is 47.2 Å². The minimum absolute atomic E-state index is 0.112. The lowest BCUT2D eigenvalue weighted by Crippen LogP contribution is -2.30. The molecule has 116 valence electrons. The van der Waals surface area contributed by atoms with Crippen molar-refractivity contribution in [1.82, 2.24) is 4.90 Å². The van der Waals surface area contributed by atoms with E-state index in [1.165, 1.54) is 4.90 Å². The lowest BCUT2D eigenvalue weighted by Gasteiger charge is -2.14. The number of carboxylic acids is 1. The number of carbonyl (C=O) groups is 2. The predicted molar refractivity (Wildman–Crippen MR) is 90.6 cm³/mol. The first-order valence-electron chi connectivity index (χ1n) is 6.29. The van der Waals surface area contributed by atoms with Gasteiger partial charge >= 0.3 is 0 Å². The maximum Gasteiger partial charge on any atom is 0.266 e. The van der Waals surface area contributed by atoms with E-state index in [0.717, 1.165) is 11.8 Å². The molecule has 0 unspecified atom stereocenters. The Kier molecular flexibility index (Phi) is 5.86. The fraction of sp³-hybridized carbons (Fsp3) is 0.214. The Morgan fingerprint density at radius 3 is 2.77 bits per heavy atom. The third kappa shape index (κ3) is 4.23. The number of benzene rings is 1. The predicted octanol–water partition coefficient (Wildman–Crippen LogP) is 2.72. The summed E-state index contributed by atoms with van der Waals surface area (Å²) in [6.07, 6.45) is 1.83. The van der Waals surface area contributed by atoms with Crippen LogP contribution < -0.4 is 5.11 Å². The van der Waals surface area contributed by atoms with Crippen LogP contribution in [0, 0.1) is 0 Å². The van der Waals surface area contributed by atoms with E-state index in [1.807, 2.05) is 0 Å². The van der Waals surface area contributed by atoms with Gasteiger partial charge in [-0.25, -0.2) is 0 Å². The van der Waals surface area contributed by atoms with E-state index < -0.39 is 5.97 Å². The van der Waals surface area contributed by atoms with Gasteiger partial charge in [0.15, 0.2) is 0 Å². The number of nitrogens with zero attached hydrogens (tertiary/aromatic N) is 1. The zero-order valence-corrected chi connectivity index (χ0v) is 14.3. The summed E-state index contributed by atoms with van der Waals surface area (Å²) < 4.78 is 0.402. The molecule has 0 saturated carbocycles. The fourth-order valence-electron chi connectivity index (χ4n) is 1.83. The maximum atomic E-state index is 12.3. The minimum atomic E-state index is -1.14. The average Bonchev–Trinajstić information content (AvgIpc) is 2.69. The van der Waals surface area contributed by atoms with Crippen LogP contribution in [0.3, 0.4) is 0 Å². The lowest BCUT2D eigenvalue weighted by atomic mass is 10.2. The number of carbonyl (C=O) groups excluding carboxylic acids is 2. The Morgan fingerprint density at radius 2 is 2.14 bits per heavy atom. The molecule has 1 fully saturated rings. The highest BCUT2D eigenvalue weighted by atomic mass is 35.5. The highest BCUT2D eigenvalue weighted by Crippen LogP contribution is 2.34. The van der Waals surface area contributed by atoms with Gasteiger partial charge in [0.1, 0.15) is 4.32 Å². The van der Waals surface area contributed by atoms with Gasteiger partial charge in [-0.1, -0.05) is 53.2 Å². The Hall–Kier alpha value is -1.08. The molecule has 1 aromatic rings. The fourth-order valence-corrected chi connectivity index (χ4v) is 3.60. The van der Waals surface area contributed by atoms with Gasteiger partial charge in [0.2, 0.25) is 0 Å². The van der Waals surface area contributed by atoms with Gasteiger partial charge in [-0.2, -0.15) is 0 Å². The molecule has 8 heteroatoms. The zero-order valence-electron chi connectivity index (χ0n) is 11.2. The Bertz CT molecular complexity index is 676. The molecule has 0 atom stereocenters. The maximum absolute atomic E-state index is 12.3. The van der Waals surface area contributed by atoms with E-state index >= 15 is 0 Å². The molecule has 0 aliphatic carbocycles. The number of carboxylic acid groups (broad SMARTS) is 1. The van der Waals surface area contributed by atoms with Gasteiger partial charge in [0, 0.05) is 22.6 Å². The number of hydrogen-bond acceptors (Lipinski definition) is 5. The molecule has 4 nitrogen and oxygen atoms in total. The Morgan fingerprint density at radius 1 is 1.41 bits per heavy atom. The first-order chi connectivity index (χ1) is 10.4. The van der Waals surface area contributed by atoms with Gasteiger partial charge < -0.3 is 9.90 Å². The van der Waals surface area contributed by atoms with Crippen molar-refractivity contribution in [2.45, 2.75) is 12.8 Å². The summed E-state index contributed by atoms with van der Waals surface area (Å²) in [5.41, 5.74) is 0.668. The molecule has 0 aromatic heterocycles. The van der Waals surface area contributed by atoms with E-state index in [-0.39, 0.29) is 18.9 Å². The van der Waals surface area contributed by atoms with Crippen molar-refractivity contribution in [3.05, 3.63) is 38.7 Å². The second-order valence-corrected chi connectivity index (χ2v) is 6.99. The minimum Gasteiger partial charge on any atom is -0.550 e. The summed E-state index contributed by atoms with van der Waals surface area (Å²) >= 11 is 18.2. The van der Waals surface area contributed by atoms with E-state index in [4.69, 9.17) is 35.4 Å². The van der Waals surface area contributed by atoms with Crippen molar-refractivity contribution in [2.24, 2.45) is 0 Å². The summed E-state index contributed by atoms with van der Waals surface area (Å²) in [5, 5.41) is 11.4. The van der Waals surface area contributed by atoms with E-state index in [0.29, 0.717) is 31.3 Å². The summed E-state index contributed by atoms with van der Waals surface area (Å²) in [4.78, 5) is 24.5. The summed E-state index contributed by atoms with van der Waals surface area (Å²) in [6.45, 7) is 0.254. The highest BCUT2D eigenvalue weighted by Gasteiger charge is 2.31. The van der Waals surface area contributed by atoms with Crippen molar-refractivity contribution in [3.63, 3.8) is 0 Å². The summed E-state index contributed by atoms with van der Waals surface area (Å²) in [7, 11) is 0. The monoisotopic (exact) mass is 374 g/mol. The van der Waals surface area contributed by atoms with Gasteiger partial charge in [0.05, 0.1) is 4.91 Å². The van der Waals surface area contributed by atoms with Crippen molar-refractivity contribution in [1.29, 1.82) is 0 Å². The number of amides is 1. The van der Waals surface area contributed by atoms with E-state index in [9.17, 15) is 14.7 Å². The van der Waals surface area contributed by atoms with Crippen LogP contribution in [0.4, 0.5) is 0 Å². The summed E-state index contributed by atoms with van der Waals surface area (Å²) in [5.74, 6) is -1.40. The van der Waals surface area contributed by atoms with Crippen molar-refractivity contribution < 1.29 is 14.7 Å². The number of hydrogen-bond donors (Lipinski definition) is 0. The Balaban J connectivity index is 2.13. The highest BCUT2D eigenvalue weighted by molar-refractivity contribution is 8.26. The number of thioether (sulfide) groups is 1. The second-order valence-electron chi connectivity index (χ2n) is 4.47. The quantitative estimate of drug-likeness (QED) is 0.585. The average molecular weight is 375 g/mol. The van der Waals surface area contributed by atoms with Crippen LogP contribution in [0.1, 0.15) is 18.4 Å². The molecule has 1 amide bonds. The normalized spacial score (nSPS) is 16.6. The van der Waals surface area contributed by atoms with E-state index in [1.54, 1.807) is 24.3 Å². The van der Waals surface area contributed by atoms with Gasteiger partial charge in [-0.05, 0) is 36.6 Å². The molecule has 1 aliphatic rings. The molecule has 1 aromatic carbocycles. The second kappa shape index (κ2) is 7.46. The van der Waals surface area contributed by atoms with Crippen LogP contribution in [0.15, 0.2) is 23.1 Å². The van der Waals surface area contributed by atoms with Gasteiger partial charge in [-0.15, -0.1) is 0 Å². The molecule has 0 N–H and O–H groups in total. The molecular formula is C14H10Cl2NO3S2-. The molecular weight excluding hydrogens is 365 g/mol. The third-order valence-corrected chi connectivity index (χ3v) is 4.83. The number of aliphatic carboxylic acids is 1. The van der Waals surface area contributed by atoms with Crippen LogP contribution in [0.25, 0.3) is 6.08 Å². The molecule has 1 heterocycles. The number of halogens is 2. The molecule has 0 spiro atoms. The molecule has 2 rings (SSSR count). The molecule has 22 heavy (non-hydrogen) atoms. The first-order valence-corrected chi connectivity index (χ1v) is 8.27. The van der Waals surface area contributed by atoms with Crippen LogP contribution in [0.2, 0.25) is 10.0 Å². The van der Waals surface area contributed by atoms with Crippen LogP contribution in [0.5, 0.6) is 0 Å². The summed E-state index contributed by atoms with van der Waals surface area (Å²) in [6, 6.07) is 4.99. The Labute approximate surface area is 147 Å². The number of rotatable bonds is 5. The van der Waals surface area contributed by atoms with Crippen molar-refractivity contribution in [2.75, 3.05) is 6.54 Å². The van der Waals surface area contributed by atoms with Crippen molar-refractivity contribution in [3.8, 4) is 0 Å². The molecule has 1 aliphatic heterocycles. The topological polar surface area (TPSA) is 60.4 Å². The van der Waals surface area contributed by atoms with Crippen LogP contribution in [-0.2, 0) is 9.59 Å². The SMILES string of the molecule is O=C([O-])CCCN1C(=O)C(=Cc2ccc(Cl)cc2Cl)SC1=S. The van der Waals surface area contributed by atoms with Crippen molar-refractivity contribution >= 4 is 69.5 Å². The molecule has 0 radical (unpaired) electrons. The smallest absolute Gasteiger partial charge is 0.266 e. The molecule has 1 saturated heterocycles. The number of thiocarbonyl (C=S) groups is 1. The lowest BCUT2D eigenvalue weighted by molar-refractivity contribution is -0.305. The molecule has 0 bridgehead atoms. The van der Waals surface area contributed by atoms with E-state index in [2.05, 4.69) is 0 Å². The van der Waals surface area contributed by atoms with Crippen LogP contribution in [-0.4, -0.2) is 27.6 Å². The van der Waals surface area contributed by atoms with Gasteiger partial charge in [-0.3, -0.25) is 9.69 Å². The largest absolute Gasteiger partial charge is 0.550 e. The third-order valence-electron chi connectivity index (χ3n) is 2.89. The standard InChI is InChI=1S/C14H11Cl2NO3S2/c15-9-4-3-8(10(16)7-9)6-11-13(20)17(14(21)22-11)5-1-2-12(18)19/h3-4,6-7H,1-2,5H2,(H,18,19)/p-1. The first kappa shape index (κ1) is 17.3.